The molecule has 2 aromatic carbocycles. The van der Waals surface area contributed by atoms with Crippen LogP contribution in [0.3, 0.4) is 0 Å². The summed E-state index contributed by atoms with van der Waals surface area (Å²) in [6.45, 7) is 1.50. The number of esters is 1. The molecule has 164 valence electrons. The summed E-state index contributed by atoms with van der Waals surface area (Å²) in [4.78, 5) is 40.1. The smallest absolute Gasteiger partial charge is 0.339 e. The third kappa shape index (κ3) is 5.39. The van der Waals surface area contributed by atoms with E-state index in [4.69, 9.17) is 4.74 Å². The van der Waals surface area contributed by atoms with Crippen LogP contribution in [0, 0.1) is 10.1 Å². The Labute approximate surface area is 181 Å². The van der Waals surface area contributed by atoms with Gasteiger partial charge in [0.15, 0.2) is 0 Å². The topological polar surface area (TPSA) is 93.0 Å². The fourth-order valence-electron chi connectivity index (χ4n) is 3.67. The van der Waals surface area contributed by atoms with Gasteiger partial charge in [-0.3, -0.25) is 14.9 Å². The Morgan fingerprint density at radius 3 is 2.26 bits per heavy atom. The van der Waals surface area contributed by atoms with E-state index in [-0.39, 0.29) is 11.3 Å². The van der Waals surface area contributed by atoms with E-state index in [2.05, 4.69) is 0 Å². The van der Waals surface area contributed by atoms with Crippen molar-refractivity contribution in [1.82, 2.24) is 4.90 Å². The largest absolute Gasteiger partial charge is 0.444 e. The number of hydrogen-bond acceptors (Lipinski definition) is 6. The highest BCUT2D eigenvalue weighted by Crippen LogP contribution is 2.32. The minimum atomic E-state index is -1.13. The second kappa shape index (κ2) is 10.1. The van der Waals surface area contributed by atoms with Crippen LogP contribution >= 0.6 is 0 Å². The summed E-state index contributed by atoms with van der Waals surface area (Å²) >= 11 is 0. The van der Waals surface area contributed by atoms with Crippen LogP contribution in [0.4, 0.5) is 11.4 Å². The van der Waals surface area contributed by atoms with Crippen LogP contribution in [0.5, 0.6) is 0 Å². The summed E-state index contributed by atoms with van der Waals surface area (Å²) in [5.74, 6) is -1.18. The van der Waals surface area contributed by atoms with Crippen molar-refractivity contribution in [3.05, 3.63) is 69.8 Å². The van der Waals surface area contributed by atoms with Crippen LogP contribution in [0.25, 0.3) is 0 Å². The molecule has 0 saturated carbocycles. The lowest BCUT2D eigenvalue weighted by Gasteiger charge is -2.23. The van der Waals surface area contributed by atoms with Crippen molar-refractivity contribution in [2.45, 2.75) is 31.8 Å². The molecule has 1 amide bonds. The average Bonchev–Trinajstić information content (AvgIpc) is 3.06. The molecule has 0 aromatic heterocycles. The number of ether oxygens (including phenoxy) is 1. The lowest BCUT2D eigenvalue weighted by Crippen LogP contribution is -2.31. The molecule has 8 heteroatoms. The van der Waals surface area contributed by atoms with E-state index in [0.717, 1.165) is 38.8 Å². The van der Waals surface area contributed by atoms with Crippen LogP contribution in [0.15, 0.2) is 48.5 Å². The van der Waals surface area contributed by atoms with Crippen LogP contribution in [0.2, 0.25) is 0 Å². The third-order valence-corrected chi connectivity index (χ3v) is 5.35. The highest BCUT2D eigenvalue weighted by molar-refractivity contribution is 5.94. The number of nitro groups is 1. The fourth-order valence-corrected chi connectivity index (χ4v) is 3.67. The number of rotatable bonds is 6. The van der Waals surface area contributed by atoms with Gasteiger partial charge in [0.1, 0.15) is 5.69 Å². The maximum atomic E-state index is 12.8. The second-order valence-electron chi connectivity index (χ2n) is 7.79. The number of amides is 1. The van der Waals surface area contributed by atoms with Crippen LogP contribution in [-0.2, 0) is 9.53 Å². The molecule has 0 unspecified atom stereocenters. The molecular weight excluding hydrogens is 398 g/mol. The molecule has 31 heavy (non-hydrogen) atoms. The third-order valence-electron chi connectivity index (χ3n) is 5.35. The monoisotopic (exact) mass is 425 g/mol. The Kier molecular flexibility index (Phi) is 7.23. The van der Waals surface area contributed by atoms with Gasteiger partial charge in [0.05, 0.1) is 10.5 Å². The summed E-state index contributed by atoms with van der Waals surface area (Å²) in [6, 6.07) is 13.1. The van der Waals surface area contributed by atoms with Crippen molar-refractivity contribution in [2.75, 3.05) is 32.1 Å². The van der Waals surface area contributed by atoms with Gasteiger partial charge in [-0.15, -0.1) is 0 Å². The van der Waals surface area contributed by atoms with Crippen molar-refractivity contribution in [2.24, 2.45) is 0 Å². The van der Waals surface area contributed by atoms with E-state index in [1.807, 2.05) is 4.90 Å². The Morgan fingerprint density at radius 2 is 1.68 bits per heavy atom. The van der Waals surface area contributed by atoms with Crippen molar-refractivity contribution in [3.63, 3.8) is 0 Å². The molecule has 0 bridgehead atoms. The van der Waals surface area contributed by atoms with Gasteiger partial charge >= 0.3 is 5.97 Å². The number of carbonyl (C=O) groups is 2. The number of hydrogen-bond donors (Lipinski definition) is 0. The van der Waals surface area contributed by atoms with Gasteiger partial charge in [-0.2, -0.15) is 0 Å². The Morgan fingerprint density at radius 1 is 1.03 bits per heavy atom. The Balaban J connectivity index is 1.88. The summed E-state index contributed by atoms with van der Waals surface area (Å²) in [5, 5.41) is 11.7. The summed E-state index contributed by atoms with van der Waals surface area (Å²) in [7, 11) is 3.15. The Bertz CT molecular complexity index is 937. The molecule has 0 radical (unpaired) electrons. The first-order chi connectivity index (χ1) is 14.9. The molecule has 3 rings (SSSR count). The Hall–Kier alpha value is -3.42. The molecule has 0 N–H and O–H groups in total. The van der Waals surface area contributed by atoms with Crippen molar-refractivity contribution < 1.29 is 19.2 Å². The maximum Gasteiger partial charge on any atom is 0.339 e. The first-order valence-corrected chi connectivity index (χ1v) is 10.4. The zero-order chi connectivity index (χ0) is 22.4. The number of nitro benzene ring substituents is 1. The van der Waals surface area contributed by atoms with Crippen LogP contribution in [-0.4, -0.2) is 48.9 Å². The number of likely N-dealkylation sites (N-methyl/N-ethyl adjacent to an activating group) is 1. The van der Waals surface area contributed by atoms with Gasteiger partial charge in [0, 0.05) is 38.8 Å². The van der Waals surface area contributed by atoms with E-state index < -0.39 is 22.9 Å². The molecule has 1 aliphatic heterocycles. The summed E-state index contributed by atoms with van der Waals surface area (Å²) in [5.41, 5.74) is 0.946. The van der Waals surface area contributed by atoms with Crippen molar-refractivity contribution >= 4 is 23.3 Å². The highest BCUT2D eigenvalue weighted by atomic mass is 16.6. The van der Waals surface area contributed by atoms with Crippen LogP contribution < -0.4 is 4.90 Å². The second-order valence-corrected chi connectivity index (χ2v) is 7.79. The van der Waals surface area contributed by atoms with Crippen molar-refractivity contribution in [3.8, 4) is 0 Å². The number of anilines is 1. The number of nitrogens with zero attached hydrogens (tertiary/aromatic N) is 3. The average molecular weight is 425 g/mol. The van der Waals surface area contributed by atoms with E-state index >= 15 is 0 Å². The zero-order valence-electron chi connectivity index (χ0n) is 17.8. The fraction of sp³-hybridized carbons (Fsp3) is 0.391. The molecule has 1 heterocycles. The van der Waals surface area contributed by atoms with Gasteiger partial charge in [-0.1, -0.05) is 43.2 Å². The summed E-state index contributed by atoms with van der Waals surface area (Å²) in [6.07, 6.45) is 3.04. The quantitative estimate of drug-likeness (QED) is 0.395. The molecule has 1 aliphatic rings. The predicted octanol–water partition coefficient (Wildman–Crippen LogP) is 3.96. The minimum Gasteiger partial charge on any atom is -0.444 e. The molecule has 8 nitrogen and oxygen atoms in total. The zero-order valence-corrected chi connectivity index (χ0v) is 17.8. The molecular formula is C23H27N3O5. The highest BCUT2D eigenvalue weighted by Gasteiger charge is 2.29. The molecule has 0 spiro atoms. The minimum absolute atomic E-state index is 0.0396. The van der Waals surface area contributed by atoms with E-state index in [1.54, 1.807) is 50.5 Å². The lowest BCUT2D eigenvalue weighted by molar-refractivity contribution is -0.384. The van der Waals surface area contributed by atoms with Gasteiger partial charge in [-0.25, -0.2) is 4.79 Å². The lowest BCUT2D eigenvalue weighted by atomic mass is 10.1. The van der Waals surface area contributed by atoms with Gasteiger partial charge in [0.25, 0.3) is 11.6 Å². The number of carbonyl (C=O) groups excluding carboxylic acids is 2. The molecule has 2 aromatic rings. The standard InChI is InChI=1S/C23H27N3O5/c1-24(2)22(27)21(17-10-6-5-7-11-17)31-23(28)18-12-13-19(20(16-18)26(29)30)25-14-8-3-4-9-15-25/h5-7,10-13,16,21H,3-4,8-9,14-15H2,1-2H3/t21-/m1/s1. The van der Waals surface area contributed by atoms with E-state index in [0.29, 0.717) is 11.3 Å². The van der Waals surface area contributed by atoms with Crippen LogP contribution in [0.1, 0.15) is 47.7 Å². The van der Waals surface area contributed by atoms with Gasteiger partial charge < -0.3 is 14.5 Å². The van der Waals surface area contributed by atoms with Gasteiger partial charge in [0.2, 0.25) is 6.10 Å². The molecule has 1 saturated heterocycles. The number of benzene rings is 2. The first-order valence-electron chi connectivity index (χ1n) is 10.4. The molecule has 1 atom stereocenters. The SMILES string of the molecule is CN(C)C(=O)[C@H](OC(=O)c1ccc(N2CCCCCC2)c([N+](=O)[O-])c1)c1ccccc1. The van der Waals surface area contributed by atoms with E-state index in [1.165, 1.54) is 17.0 Å². The molecule has 0 aliphatic carbocycles. The maximum absolute atomic E-state index is 12.8. The first kappa shape index (κ1) is 22.3. The predicted molar refractivity (Wildman–Crippen MR) is 117 cm³/mol. The molecule has 1 fully saturated rings. The normalized spacial score (nSPS) is 15.0. The van der Waals surface area contributed by atoms with Gasteiger partial charge in [-0.05, 0) is 25.0 Å². The summed E-state index contributed by atoms with van der Waals surface area (Å²) < 4.78 is 5.52. The van der Waals surface area contributed by atoms with Crippen molar-refractivity contribution in [1.29, 1.82) is 0 Å². The van der Waals surface area contributed by atoms with E-state index in [9.17, 15) is 19.7 Å².